The van der Waals surface area contributed by atoms with Crippen molar-refractivity contribution in [2.45, 2.75) is 23.8 Å². The second-order valence-corrected chi connectivity index (χ2v) is 9.55. The van der Waals surface area contributed by atoms with E-state index in [1.165, 1.54) is 22.5 Å². The Morgan fingerprint density at radius 2 is 1.74 bits per heavy atom. The summed E-state index contributed by atoms with van der Waals surface area (Å²) in [7, 11) is -3.73. The van der Waals surface area contributed by atoms with Crippen molar-refractivity contribution in [3.63, 3.8) is 0 Å². The minimum absolute atomic E-state index is 0.0842. The topological polar surface area (TPSA) is 69.7 Å². The fourth-order valence-corrected chi connectivity index (χ4v) is 5.85. The number of nitrogens with zero attached hydrogens (tertiary/aromatic N) is 2. The van der Waals surface area contributed by atoms with Gasteiger partial charge in [-0.05, 0) is 48.6 Å². The average molecular weight is 410 g/mol. The summed E-state index contributed by atoms with van der Waals surface area (Å²) in [6, 6.07) is 7.86. The van der Waals surface area contributed by atoms with Crippen LogP contribution < -0.4 is 10.2 Å². The number of sulfonamides is 1. The van der Waals surface area contributed by atoms with E-state index in [-0.39, 0.29) is 27.5 Å². The largest absolute Gasteiger partial charge is 0.369 e. The van der Waals surface area contributed by atoms with E-state index in [9.17, 15) is 17.6 Å². The first-order valence-electron chi connectivity index (χ1n) is 8.84. The maximum atomic E-state index is 13.1. The zero-order chi connectivity index (χ0) is 19.0. The summed E-state index contributed by atoms with van der Waals surface area (Å²) >= 11 is 1.15. The van der Waals surface area contributed by atoms with Crippen molar-refractivity contribution in [1.82, 2.24) is 9.62 Å². The second-order valence-electron chi connectivity index (χ2n) is 6.73. The van der Waals surface area contributed by atoms with Gasteiger partial charge in [0.25, 0.3) is 5.91 Å². The van der Waals surface area contributed by atoms with Gasteiger partial charge < -0.3 is 10.2 Å². The standard InChI is InChI=1S/C18H20FN3O3S2/c19-13-1-5-15(6-2-13)21-8-10-22(11-9-21)27(24,25)16-7-12-26-17(16)18(23)20-14-3-4-14/h1-2,5-7,12,14H,3-4,8-11H2,(H,20,23). The Hall–Kier alpha value is -1.97. The van der Waals surface area contributed by atoms with Crippen molar-refractivity contribution in [2.75, 3.05) is 31.1 Å². The molecular formula is C18H20FN3O3S2. The highest BCUT2D eigenvalue weighted by Crippen LogP contribution is 2.28. The summed E-state index contributed by atoms with van der Waals surface area (Å²) in [4.78, 5) is 14.7. The van der Waals surface area contributed by atoms with E-state index in [2.05, 4.69) is 5.32 Å². The quantitative estimate of drug-likeness (QED) is 0.823. The van der Waals surface area contributed by atoms with Gasteiger partial charge in [0.2, 0.25) is 10.0 Å². The van der Waals surface area contributed by atoms with Gasteiger partial charge in [0.15, 0.2) is 0 Å². The molecule has 1 saturated carbocycles. The molecular weight excluding hydrogens is 389 g/mol. The van der Waals surface area contributed by atoms with Gasteiger partial charge in [-0.25, -0.2) is 12.8 Å². The molecule has 1 N–H and O–H groups in total. The minimum atomic E-state index is -3.73. The van der Waals surface area contributed by atoms with Crippen molar-refractivity contribution in [1.29, 1.82) is 0 Å². The van der Waals surface area contributed by atoms with Crippen LogP contribution >= 0.6 is 11.3 Å². The van der Waals surface area contributed by atoms with Gasteiger partial charge in [0, 0.05) is 37.9 Å². The maximum absolute atomic E-state index is 13.1. The fraction of sp³-hybridized carbons (Fsp3) is 0.389. The minimum Gasteiger partial charge on any atom is -0.369 e. The summed E-state index contributed by atoms with van der Waals surface area (Å²) in [6.07, 6.45) is 1.90. The number of carbonyl (C=O) groups excluding carboxylic acids is 1. The molecule has 0 spiro atoms. The fourth-order valence-electron chi connectivity index (χ4n) is 3.12. The lowest BCUT2D eigenvalue weighted by atomic mass is 10.2. The molecule has 144 valence electrons. The molecule has 1 saturated heterocycles. The highest BCUT2D eigenvalue weighted by atomic mass is 32.2. The Morgan fingerprint density at radius 3 is 2.37 bits per heavy atom. The molecule has 2 aromatic rings. The Labute approximate surface area is 161 Å². The van der Waals surface area contributed by atoms with E-state index in [4.69, 9.17) is 0 Å². The Bertz CT molecular complexity index is 931. The number of anilines is 1. The van der Waals surface area contributed by atoms with E-state index in [0.29, 0.717) is 26.2 Å². The van der Waals surface area contributed by atoms with Crippen molar-refractivity contribution < 1.29 is 17.6 Å². The molecule has 0 radical (unpaired) electrons. The zero-order valence-electron chi connectivity index (χ0n) is 14.6. The molecule has 0 bridgehead atoms. The third-order valence-electron chi connectivity index (χ3n) is 4.80. The van der Waals surface area contributed by atoms with E-state index >= 15 is 0 Å². The molecule has 1 aromatic carbocycles. The Kier molecular flexibility index (Phi) is 4.92. The van der Waals surface area contributed by atoms with Gasteiger partial charge >= 0.3 is 0 Å². The monoisotopic (exact) mass is 409 g/mol. The molecule has 1 aromatic heterocycles. The Morgan fingerprint density at radius 1 is 1.07 bits per heavy atom. The number of amides is 1. The number of benzene rings is 1. The van der Waals surface area contributed by atoms with Gasteiger partial charge in [0.1, 0.15) is 15.6 Å². The molecule has 0 unspecified atom stereocenters. The molecule has 2 aliphatic rings. The number of piperazine rings is 1. The van der Waals surface area contributed by atoms with E-state index in [1.807, 2.05) is 4.90 Å². The predicted molar refractivity (Wildman–Crippen MR) is 102 cm³/mol. The maximum Gasteiger partial charge on any atom is 0.262 e. The number of carbonyl (C=O) groups is 1. The highest BCUT2D eigenvalue weighted by molar-refractivity contribution is 7.89. The molecule has 2 heterocycles. The van der Waals surface area contributed by atoms with Crippen molar-refractivity contribution in [3.05, 3.63) is 46.4 Å². The molecule has 27 heavy (non-hydrogen) atoms. The first-order chi connectivity index (χ1) is 12.9. The molecule has 2 fully saturated rings. The molecule has 1 aliphatic carbocycles. The van der Waals surface area contributed by atoms with Crippen LogP contribution in [-0.4, -0.2) is 50.9 Å². The number of halogens is 1. The van der Waals surface area contributed by atoms with Crippen LogP contribution in [0.15, 0.2) is 40.6 Å². The van der Waals surface area contributed by atoms with E-state index in [1.54, 1.807) is 17.5 Å². The summed E-state index contributed by atoms with van der Waals surface area (Å²) in [6.45, 7) is 1.66. The molecule has 1 amide bonds. The molecule has 0 atom stereocenters. The Balaban J connectivity index is 1.47. The number of rotatable bonds is 5. The van der Waals surface area contributed by atoms with Gasteiger partial charge in [-0.15, -0.1) is 11.3 Å². The lowest BCUT2D eigenvalue weighted by molar-refractivity contribution is 0.0952. The third-order valence-corrected chi connectivity index (χ3v) is 7.78. The highest BCUT2D eigenvalue weighted by Gasteiger charge is 2.34. The number of hydrogen-bond donors (Lipinski definition) is 1. The van der Waals surface area contributed by atoms with Crippen LogP contribution in [0.3, 0.4) is 0 Å². The molecule has 1 aliphatic heterocycles. The summed E-state index contributed by atoms with van der Waals surface area (Å²) in [5.41, 5.74) is 0.869. The first-order valence-corrected chi connectivity index (χ1v) is 11.2. The zero-order valence-corrected chi connectivity index (χ0v) is 16.2. The lowest BCUT2D eigenvalue weighted by Crippen LogP contribution is -2.48. The molecule has 6 nitrogen and oxygen atoms in total. The average Bonchev–Trinajstić information content (AvgIpc) is 3.33. The summed E-state index contributed by atoms with van der Waals surface area (Å²) < 4.78 is 40.6. The second kappa shape index (κ2) is 7.21. The van der Waals surface area contributed by atoms with Crippen LogP contribution in [0.5, 0.6) is 0 Å². The third kappa shape index (κ3) is 3.85. The van der Waals surface area contributed by atoms with Crippen molar-refractivity contribution in [3.8, 4) is 0 Å². The molecule has 4 rings (SSSR count). The smallest absolute Gasteiger partial charge is 0.262 e. The number of nitrogens with one attached hydrogen (secondary N) is 1. The van der Waals surface area contributed by atoms with Crippen LogP contribution in [0, 0.1) is 5.82 Å². The predicted octanol–water partition coefficient (Wildman–Crippen LogP) is 2.29. The number of thiophene rings is 1. The van der Waals surface area contributed by atoms with Gasteiger partial charge in [-0.2, -0.15) is 4.31 Å². The summed E-state index contributed by atoms with van der Waals surface area (Å²) in [5.74, 6) is -0.606. The van der Waals surface area contributed by atoms with Gasteiger partial charge in [0.05, 0.1) is 0 Å². The number of hydrogen-bond acceptors (Lipinski definition) is 5. The van der Waals surface area contributed by atoms with Crippen LogP contribution in [0.2, 0.25) is 0 Å². The van der Waals surface area contributed by atoms with Gasteiger partial charge in [-0.1, -0.05) is 0 Å². The SMILES string of the molecule is O=C(NC1CC1)c1sccc1S(=O)(=O)N1CCN(c2ccc(F)cc2)CC1. The van der Waals surface area contributed by atoms with Crippen LogP contribution in [0.1, 0.15) is 22.5 Å². The van der Waals surface area contributed by atoms with E-state index < -0.39 is 10.0 Å². The van der Waals surface area contributed by atoms with Crippen molar-refractivity contribution in [2.24, 2.45) is 0 Å². The normalized spacial score (nSPS) is 18.5. The van der Waals surface area contributed by atoms with Gasteiger partial charge in [-0.3, -0.25) is 4.79 Å². The van der Waals surface area contributed by atoms with Crippen LogP contribution in [-0.2, 0) is 10.0 Å². The van der Waals surface area contributed by atoms with Crippen LogP contribution in [0.25, 0.3) is 0 Å². The van der Waals surface area contributed by atoms with Crippen LogP contribution in [0.4, 0.5) is 10.1 Å². The first kappa shape index (κ1) is 18.4. The lowest BCUT2D eigenvalue weighted by Gasteiger charge is -2.35. The van der Waals surface area contributed by atoms with E-state index in [0.717, 1.165) is 29.9 Å². The van der Waals surface area contributed by atoms with Crippen molar-refractivity contribution >= 4 is 33.0 Å². The molecule has 9 heteroatoms. The summed E-state index contributed by atoms with van der Waals surface area (Å²) in [5, 5.41) is 4.50.